The Hall–Kier alpha value is -0.160. The van der Waals surface area contributed by atoms with E-state index >= 15 is 0 Å². The summed E-state index contributed by atoms with van der Waals surface area (Å²) in [4.78, 5) is 2.46. The van der Waals surface area contributed by atoms with Crippen molar-refractivity contribution in [3.63, 3.8) is 0 Å². The van der Waals surface area contributed by atoms with E-state index in [0.29, 0.717) is 12.1 Å². The summed E-state index contributed by atoms with van der Waals surface area (Å²) in [5.41, 5.74) is 0. The highest BCUT2D eigenvalue weighted by molar-refractivity contribution is 4.73. The first kappa shape index (κ1) is 13.9. The molecular weight excluding hydrogens is 204 g/mol. The summed E-state index contributed by atoms with van der Waals surface area (Å²) in [7, 11) is 1.75. The van der Waals surface area contributed by atoms with Crippen LogP contribution in [0.1, 0.15) is 20.3 Å². The fourth-order valence-electron chi connectivity index (χ4n) is 2.09. The van der Waals surface area contributed by atoms with E-state index in [1.165, 1.54) is 0 Å². The molecule has 1 heterocycles. The van der Waals surface area contributed by atoms with Gasteiger partial charge in [0.1, 0.15) is 0 Å². The third-order valence-electron chi connectivity index (χ3n) is 2.96. The Labute approximate surface area is 99.3 Å². The van der Waals surface area contributed by atoms with Crippen LogP contribution in [0.3, 0.4) is 0 Å². The lowest BCUT2D eigenvalue weighted by Gasteiger charge is -2.30. The highest BCUT2D eigenvalue weighted by Gasteiger charge is 2.14. The van der Waals surface area contributed by atoms with Gasteiger partial charge in [-0.25, -0.2) is 0 Å². The maximum atomic E-state index is 5.34. The summed E-state index contributed by atoms with van der Waals surface area (Å²) < 4.78 is 10.4. The summed E-state index contributed by atoms with van der Waals surface area (Å²) in [5.74, 6) is 0. The Morgan fingerprint density at radius 2 is 1.94 bits per heavy atom. The first-order valence-corrected chi connectivity index (χ1v) is 6.27. The van der Waals surface area contributed by atoms with Crippen LogP contribution in [-0.4, -0.2) is 63.5 Å². The minimum absolute atomic E-state index is 0.524. The second-order valence-electron chi connectivity index (χ2n) is 4.66. The third-order valence-corrected chi connectivity index (χ3v) is 2.96. The molecule has 1 rings (SSSR count). The molecular formula is C12H26N2O2. The number of rotatable bonds is 7. The number of methoxy groups -OCH3 is 1. The molecule has 0 amide bonds. The van der Waals surface area contributed by atoms with Gasteiger partial charge in [0.2, 0.25) is 0 Å². The van der Waals surface area contributed by atoms with Crippen LogP contribution in [0, 0.1) is 0 Å². The summed E-state index contributed by atoms with van der Waals surface area (Å²) in [6, 6.07) is 1.06. The van der Waals surface area contributed by atoms with Crippen LogP contribution >= 0.6 is 0 Å². The first-order valence-electron chi connectivity index (χ1n) is 6.27. The lowest BCUT2D eigenvalue weighted by molar-refractivity contribution is 0.0337. The predicted molar refractivity (Wildman–Crippen MR) is 65.8 cm³/mol. The van der Waals surface area contributed by atoms with E-state index in [9.17, 15) is 0 Å². The van der Waals surface area contributed by atoms with Crippen LogP contribution in [0.4, 0.5) is 0 Å². The van der Waals surface area contributed by atoms with Crippen molar-refractivity contribution in [2.24, 2.45) is 0 Å². The zero-order valence-corrected chi connectivity index (χ0v) is 10.9. The molecule has 1 aliphatic heterocycles. The molecule has 0 radical (unpaired) electrons. The van der Waals surface area contributed by atoms with Gasteiger partial charge in [0.05, 0.1) is 13.2 Å². The molecule has 0 aliphatic carbocycles. The molecule has 2 unspecified atom stereocenters. The van der Waals surface area contributed by atoms with Crippen LogP contribution in [0.5, 0.6) is 0 Å². The van der Waals surface area contributed by atoms with Gasteiger partial charge in [-0.3, -0.25) is 4.90 Å². The lowest BCUT2D eigenvalue weighted by Crippen LogP contribution is -2.46. The molecule has 0 aromatic heterocycles. The van der Waals surface area contributed by atoms with Crippen molar-refractivity contribution in [1.82, 2.24) is 10.2 Å². The fraction of sp³-hybridized carbons (Fsp3) is 1.00. The van der Waals surface area contributed by atoms with Crippen molar-refractivity contribution in [2.75, 3.05) is 46.6 Å². The number of morpholine rings is 1. The molecule has 1 aliphatic rings. The Balaban J connectivity index is 2.11. The van der Waals surface area contributed by atoms with Gasteiger partial charge in [-0.2, -0.15) is 0 Å². The van der Waals surface area contributed by atoms with Crippen molar-refractivity contribution in [3.05, 3.63) is 0 Å². The summed E-state index contributed by atoms with van der Waals surface area (Å²) in [6.45, 7) is 10.3. The Bertz CT molecular complexity index is 172. The largest absolute Gasteiger partial charge is 0.385 e. The van der Waals surface area contributed by atoms with E-state index in [1.54, 1.807) is 7.11 Å². The number of ether oxygens (including phenoxy) is 2. The molecule has 4 heteroatoms. The van der Waals surface area contributed by atoms with Gasteiger partial charge in [-0.15, -0.1) is 0 Å². The predicted octanol–water partition coefficient (Wildman–Crippen LogP) is 0.722. The molecule has 0 aromatic carbocycles. The van der Waals surface area contributed by atoms with E-state index in [2.05, 4.69) is 24.1 Å². The number of nitrogens with one attached hydrogen (secondary N) is 1. The van der Waals surface area contributed by atoms with Crippen LogP contribution in [0.25, 0.3) is 0 Å². The van der Waals surface area contributed by atoms with Crippen molar-refractivity contribution >= 4 is 0 Å². The van der Waals surface area contributed by atoms with Gasteiger partial charge in [-0.1, -0.05) is 0 Å². The molecule has 96 valence electrons. The summed E-state index contributed by atoms with van der Waals surface area (Å²) in [5, 5.41) is 3.60. The first-order chi connectivity index (χ1) is 7.72. The number of nitrogens with zero attached hydrogens (tertiary/aromatic N) is 1. The minimum Gasteiger partial charge on any atom is -0.385 e. The second kappa shape index (κ2) is 8.01. The minimum atomic E-state index is 0.524. The van der Waals surface area contributed by atoms with Crippen molar-refractivity contribution in [3.8, 4) is 0 Å². The summed E-state index contributed by atoms with van der Waals surface area (Å²) >= 11 is 0. The molecule has 0 aromatic rings. The normalized spacial score (nSPS) is 21.9. The zero-order chi connectivity index (χ0) is 11.8. The Morgan fingerprint density at radius 1 is 1.25 bits per heavy atom. The van der Waals surface area contributed by atoms with Crippen LogP contribution in [0.2, 0.25) is 0 Å². The van der Waals surface area contributed by atoms with Gasteiger partial charge in [0, 0.05) is 45.4 Å². The number of hydrogen-bond donors (Lipinski definition) is 1. The van der Waals surface area contributed by atoms with E-state index in [1.807, 2.05) is 0 Å². The quantitative estimate of drug-likeness (QED) is 0.699. The molecule has 0 spiro atoms. The van der Waals surface area contributed by atoms with Gasteiger partial charge in [-0.05, 0) is 20.3 Å². The molecule has 16 heavy (non-hydrogen) atoms. The van der Waals surface area contributed by atoms with E-state index in [-0.39, 0.29) is 0 Å². The van der Waals surface area contributed by atoms with Crippen molar-refractivity contribution in [2.45, 2.75) is 32.4 Å². The Morgan fingerprint density at radius 3 is 2.56 bits per heavy atom. The average Bonchev–Trinajstić information content (AvgIpc) is 2.27. The monoisotopic (exact) mass is 230 g/mol. The molecule has 1 fully saturated rings. The van der Waals surface area contributed by atoms with Gasteiger partial charge < -0.3 is 14.8 Å². The lowest BCUT2D eigenvalue weighted by atomic mass is 10.2. The van der Waals surface area contributed by atoms with Crippen molar-refractivity contribution < 1.29 is 9.47 Å². The maximum Gasteiger partial charge on any atom is 0.0594 e. The molecule has 1 N–H and O–H groups in total. The molecule has 0 bridgehead atoms. The van der Waals surface area contributed by atoms with E-state index in [4.69, 9.17) is 9.47 Å². The Kier molecular flexibility index (Phi) is 6.96. The highest BCUT2D eigenvalue weighted by Crippen LogP contribution is 2.00. The topological polar surface area (TPSA) is 33.7 Å². The average molecular weight is 230 g/mol. The van der Waals surface area contributed by atoms with Gasteiger partial charge in [0.25, 0.3) is 0 Å². The highest BCUT2D eigenvalue weighted by atomic mass is 16.5. The van der Waals surface area contributed by atoms with Gasteiger partial charge >= 0.3 is 0 Å². The second-order valence-corrected chi connectivity index (χ2v) is 4.66. The van der Waals surface area contributed by atoms with Crippen LogP contribution in [-0.2, 0) is 9.47 Å². The maximum absolute atomic E-state index is 5.34. The third kappa shape index (κ3) is 5.80. The fourth-order valence-corrected chi connectivity index (χ4v) is 2.09. The molecule has 4 nitrogen and oxygen atoms in total. The molecule has 2 atom stereocenters. The van der Waals surface area contributed by atoms with Crippen LogP contribution in [0.15, 0.2) is 0 Å². The van der Waals surface area contributed by atoms with Crippen LogP contribution < -0.4 is 5.32 Å². The smallest absolute Gasteiger partial charge is 0.0594 e. The molecule has 0 saturated carbocycles. The summed E-state index contributed by atoms with van der Waals surface area (Å²) in [6.07, 6.45) is 1.07. The van der Waals surface area contributed by atoms with Gasteiger partial charge in [0.15, 0.2) is 0 Å². The molecule has 1 saturated heterocycles. The van der Waals surface area contributed by atoms with Crippen molar-refractivity contribution in [1.29, 1.82) is 0 Å². The SMILES string of the molecule is COCCC(C)NC(C)CN1CCOCC1. The standard InChI is InChI=1S/C12H26N2O2/c1-11(4-7-15-3)13-12(2)10-14-5-8-16-9-6-14/h11-13H,4-10H2,1-3H3. The van der Waals surface area contributed by atoms with E-state index < -0.39 is 0 Å². The zero-order valence-electron chi connectivity index (χ0n) is 10.9. The van der Waals surface area contributed by atoms with E-state index in [0.717, 1.165) is 45.9 Å². The number of hydrogen-bond acceptors (Lipinski definition) is 4.